The van der Waals surface area contributed by atoms with E-state index in [-0.39, 0.29) is 18.1 Å². The number of hydrogen-bond acceptors (Lipinski definition) is 5. The Hall–Kier alpha value is -2.95. The molecule has 26 heavy (non-hydrogen) atoms. The summed E-state index contributed by atoms with van der Waals surface area (Å²) in [7, 11) is 0. The van der Waals surface area contributed by atoms with E-state index in [2.05, 4.69) is 10.5 Å². The molecule has 0 spiro atoms. The van der Waals surface area contributed by atoms with Crippen LogP contribution >= 0.6 is 0 Å². The number of Topliss-reactive ketones (excluding diaryl/α,β-unsaturated/α-hetero) is 1. The Morgan fingerprint density at radius 1 is 1.00 bits per heavy atom. The second kappa shape index (κ2) is 7.52. The predicted molar refractivity (Wildman–Crippen MR) is 100 cm³/mol. The van der Waals surface area contributed by atoms with Crippen molar-refractivity contribution in [2.45, 2.75) is 32.7 Å². The molecule has 0 aromatic heterocycles. The van der Waals surface area contributed by atoms with Crippen LogP contribution in [0.4, 0.5) is 0 Å². The molecule has 0 unspecified atom stereocenters. The summed E-state index contributed by atoms with van der Waals surface area (Å²) >= 11 is 0. The molecular formula is C21H22N2O3. The molecule has 0 aliphatic carbocycles. The molecule has 1 aliphatic heterocycles. The van der Waals surface area contributed by atoms with Gasteiger partial charge in [-0.2, -0.15) is 5.10 Å². The number of aryl methyl sites for hydroxylation is 2. The summed E-state index contributed by atoms with van der Waals surface area (Å²) in [6.45, 7) is 5.97. The third kappa shape index (κ3) is 3.52. The SMILES string of the molecule is CCOC(=O)C1=NN[C@H](C(=O)c2ccc(C)cc2)[C@H]1c1ccc(C)cc1. The summed E-state index contributed by atoms with van der Waals surface area (Å²) in [5.74, 6) is -1.08. The minimum atomic E-state index is -0.639. The minimum absolute atomic E-state index is 0.0985. The Balaban J connectivity index is 1.96. The number of esters is 1. The van der Waals surface area contributed by atoms with Crippen molar-refractivity contribution in [1.29, 1.82) is 0 Å². The van der Waals surface area contributed by atoms with E-state index in [9.17, 15) is 9.59 Å². The van der Waals surface area contributed by atoms with Gasteiger partial charge in [0, 0.05) is 5.56 Å². The number of carbonyl (C=O) groups is 2. The summed E-state index contributed by atoms with van der Waals surface area (Å²) in [6, 6.07) is 14.5. The van der Waals surface area contributed by atoms with Crippen LogP contribution in [0.1, 0.15) is 39.9 Å². The van der Waals surface area contributed by atoms with Crippen LogP contribution in [-0.2, 0) is 9.53 Å². The molecular weight excluding hydrogens is 328 g/mol. The number of nitrogens with zero attached hydrogens (tertiary/aromatic N) is 1. The normalized spacial score (nSPS) is 18.8. The zero-order chi connectivity index (χ0) is 18.7. The quantitative estimate of drug-likeness (QED) is 0.664. The predicted octanol–water partition coefficient (Wildman–Crippen LogP) is 3.16. The van der Waals surface area contributed by atoms with Gasteiger partial charge >= 0.3 is 5.97 Å². The number of benzene rings is 2. The van der Waals surface area contributed by atoms with Crippen LogP contribution < -0.4 is 5.43 Å². The van der Waals surface area contributed by atoms with Crippen LogP contribution in [0, 0.1) is 13.8 Å². The van der Waals surface area contributed by atoms with Gasteiger partial charge in [0.1, 0.15) is 6.04 Å². The second-order valence-electron chi connectivity index (χ2n) is 6.44. The Bertz CT molecular complexity index is 839. The largest absolute Gasteiger partial charge is 0.461 e. The number of hydrogen-bond donors (Lipinski definition) is 1. The van der Waals surface area contributed by atoms with Crippen molar-refractivity contribution in [3.8, 4) is 0 Å². The average molecular weight is 350 g/mol. The molecule has 5 nitrogen and oxygen atoms in total. The van der Waals surface area contributed by atoms with Gasteiger partial charge in [0.15, 0.2) is 11.5 Å². The fourth-order valence-electron chi connectivity index (χ4n) is 3.05. The van der Waals surface area contributed by atoms with Crippen LogP contribution in [0.25, 0.3) is 0 Å². The molecule has 1 aliphatic rings. The maximum atomic E-state index is 13.0. The summed E-state index contributed by atoms with van der Waals surface area (Å²) < 4.78 is 5.13. The topological polar surface area (TPSA) is 67.8 Å². The van der Waals surface area contributed by atoms with Crippen LogP contribution in [0.3, 0.4) is 0 Å². The summed E-state index contributed by atoms with van der Waals surface area (Å²) in [4.78, 5) is 25.4. The first-order valence-electron chi connectivity index (χ1n) is 8.69. The van der Waals surface area contributed by atoms with Crippen molar-refractivity contribution in [2.24, 2.45) is 5.10 Å². The summed E-state index contributed by atoms with van der Waals surface area (Å²) in [6.07, 6.45) is 0. The molecule has 0 fully saturated rings. The molecule has 2 aromatic rings. The van der Waals surface area contributed by atoms with Gasteiger partial charge < -0.3 is 4.74 Å². The van der Waals surface area contributed by atoms with Crippen LogP contribution in [0.5, 0.6) is 0 Å². The highest BCUT2D eigenvalue weighted by Crippen LogP contribution is 2.29. The zero-order valence-corrected chi connectivity index (χ0v) is 15.2. The van der Waals surface area contributed by atoms with Crippen molar-refractivity contribution in [3.05, 3.63) is 70.8 Å². The molecule has 5 heteroatoms. The lowest BCUT2D eigenvalue weighted by atomic mass is 9.84. The number of rotatable bonds is 5. The molecule has 3 rings (SSSR count). The maximum absolute atomic E-state index is 13.0. The van der Waals surface area contributed by atoms with E-state index in [4.69, 9.17) is 4.74 Å². The number of nitrogens with one attached hydrogen (secondary N) is 1. The Morgan fingerprint density at radius 2 is 1.58 bits per heavy atom. The van der Waals surface area contributed by atoms with E-state index < -0.39 is 17.9 Å². The van der Waals surface area contributed by atoms with Crippen molar-refractivity contribution >= 4 is 17.5 Å². The lowest BCUT2D eigenvalue weighted by Crippen LogP contribution is -2.37. The van der Waals surface area contributed by atoms with Gasteiger partial charge in [0.2, 0.25) is 0 Å². The Labute approximate surface area is 153 Å². The van der Waals surface area contributed by atoms with Crippen molar-refractivity contribution in [2.75, 3.05) is 6.61 Å². The highest BCUT2D eigenvalue weighted by molar-refractivity contribution is 6.40. The molecule has 134 valence electrons. The molecule has 2 aromatic carbocycles. The van der Waals surface area contributed by atoms with Gasteiger partial charge in [-0.05, 0) is 26.3 Å². The highest BCUT2D eigenvalue weighted by Gasteiger charge is 2.41. The fourth-order valence-corrected chi connectivity index (χ4v) is 3.05. The van der Waals surface area contributed by atoms with Crippen LogP contribution in [-0.4, -0.2) is 30.1 Å². The Kier molecular flexibility index (Phi) is 5.16. The molecule has 0 radical (unpaired) electrons. The molecule has 0 bridgehead atoms. The summed E-state index contributed by atoms with van der Waals surface area (Å²) in [5, 5.41) is 4.15. The minimum Gasteiger partial charge on any atom is -0.461 e. The third-order valence-corrected chi connectivity index (χ3v) is 4.49. The first kappa shape index (κ1) is 17.9. The van der Waals surface area contributed by atoms with Crippen LogP contribution in [0.2, 0.25) is 0 Å². The average Bonchev–Trinajstić information content (AvgIpc) is 3.08. The van der Waals surface area contributed by atoms with Crippen molar-refractivity contribution in [3.63, 3.8) is 0 Å². The zero-order valence-electron chi connectivity index (χ0n) is 15.2. The molecule has 1 heterocycles. The highest BCUT2D eigenvalue weighted by atomic mass is 16.5. The van der Waals surface area contributed by atoms with E-state index in [1.165, 1.54) is 0 Å². The van der Waals surface area contributed by atoms with Gasteiger partial charge in [-0.25, -0.2) is 4.79 Å². The number of carbonyl (C=O) groups excluding carboxylic acids is 2. The van der Waals surface area contributed by atoms with Gasteiger partial charge in [-0.3, -0.25) is 10.2 Å². The maximum Gasteiger partial charge on any atom is 0.355 e. The lowest BCUT2D eigenvalue weighted by Gasteiger charge is -2.20. The van der Waals surface area contributed by atoms with Crippen molar-refractivity contribution in [1.82, 2.24) is 5.43 Å². The molecule has 0 amide bonds. The first-order chi connectivity index (χ1) is 12.5. The summed E-state index contributed by atoms with van der Waals surface area (Å²) in [5.41, 5.74) is 6.73. The number of ether oxygens (including phenoxy) is 1. The molecule has 2 atom stereocenters. The van der Waals surface area contributed by atoms with E-state index in [1.54, 1.807) is 19.1 Å². The smallest absolute Gasteiger partial charge is 0.355 e. The van der Waals surface area contributed by atoms with Gasteiger partial charge in [0.05, 0.1) is 12.5 Å². The number of ketones is 1. The fraction of sp³-hybridized carbons (Fsp3) is 0.286. The number of hydrazone groups is 1. The van der Waals surface area contributed by atoms with Crippen molar-refractivity contribution < 1.29 is 14.3 Å². The van der Waals surface area contributed by atoms with Gasteiger partial charge in [0.25, 0.3) is 0 Å². The van der Waals surface area contributed by atoms with Gasteiger partial charge in [-0.1, -0.05) is 59.7 Å². The molecule has 0 saturated heterocycles. The van der Waals surface area contributed by atoms with E-state index in [0.29, 0.717) is 5.56 Å². The Morgan fingerprint density at radius 3 is 2.15 bits per heavy atom. The van der Waals surface area contributed by atoms with E-state index in [1.807, 2.05) is 50.2 Å². The first-order valence-corrected chi connectivity index (χ1v) is 8.69. The molecule has 0 saturated carbocycles. The monoisotopic (exact) mass is 350 g/mol. The molecule has 1 N–H and O–H groups in total. The standard InChI is InChI=1S/C21H22N2O3/c1-4-26-21(25)19-17(15-9-5-13(2)6-10-15)18(22-23-19)20(24)16-11-7-14(3)8-12-16/h5-12,17-18,22H,4H2,1-3H3/t17-,18+/m1/s1. The van der Waals surface area contributed by atoms with E-state index in [0.717, 1.165) is 16.7 Å². The van der Waals surface area contributed by atoms with Gasteiger partial charge in [-0.15, -0.1) is 0 Å². The third-order valence-electron chi connectivity index (χ3n) is 4.49. The lowest BCUT2D eigenvalue weighted by molar-refractivity contribution is -0.135. The van der Waals surface area contributed by atoms with E-state index >= 15 is 0 Å². The second-order valence-corrected chi connectivity index (χ2v) is 6.44. The van der Waals surface area contributed by atoms with Crippen LogP contribution in [0.15, 0.2) is 53.6 Å².